The fourth-order valence-corrected chi connectivity index (χ4v) is 3.30. The summed E-state index contributed by atoms with van der Waals surface area (Å²) in [6, 6.07) is 8.00. The number of benzene rings is 1. The average molecular weight is 327 g/mol. The lowest BCUT2D eigenvalue weighted by Crippen LogP contribution is -2.41. The van der Waals surface area contributed by atoms with Gasteiger partial charge in [0, 0.05) is 23.7 Å². The van der Waals surface area contributed by atoms with E-state index in [2.05, 4.69) is 22.1 Å². The summed E-state index contributed by atoms with van der Waals surface area (Å²) in [6.07, 6.45) is 2.88. The number of likely N-dealkylation sites (tertiary alicyclic amines) is 1. The highest BCUT2D eigenvalue weighted by molar-refractivity contribution is 5.83. The van der Waals surface area contributed by atoms with E-state index < -0.39 is 0 Å². The Morgan fingerprint density at radius 2 is 2.04 bits per heavy atom. The molecule has 1 aromatic heterocycles. The summed E-state index contributed by atoms with van der Waals surface area (Å²) in [5.41, 5.74) is 2.38. The molecule has 2 aromatic rings. The number of hydrogen-bond acceptors (Lipinski definition) is 3. The van der Waals surface area contributed by atoms with Crippen molar-refractivity contribution in [3.05, 3.63) is 45.7 Å². The van der Waals surface area contributed by atoms with E-state index in [0.717, 1.165) is 29.6 Å². The van der Waals surface area contributed by atoms with Gasteiger partial charge < -0.3 is 10.3 Å². The monoisotopic (exact) mass is 327 g/mol. The summed E-state index contributed by atoms with van der Waals surface area (Å²) < 4.78 is 0. The van der Waals surface area contributed by atoms with Gasteiger partial charge in [-0.2, -0.15) is 0 Å². The van der Waals surface area contributed by atoms with Crippen molar-refractivity contribution in [1.29, 1.82) is 0 Å². The first-order chi connectivity index (χ1) is 11.5. The van der Waals surface area contributed by atoms with Crippen LogP contribution < -0.4 is 10.9 Å². The molecular weight excluding hydrogens is 302 g/mol. The number of aryl methyl sites for hydroxylation is 1. The van der Waals surface area contributed by atoms with Crippen LogP contribution in [-0.2, 0) is 11.2 Å². The van der Waals surface area contributed by atoms with E-state index in [9.17, 15) is 9.59 Å². The van der Waals surface area contributed by atoms with Crippen LogP contribution in [0.5, 0.6) is 0 Å². The van der Waals surface area contributed by atoms with Gasteiger partial charge in [-0.3, -0.25) is 14.5 Å². The van der Waals surface area contributed by atoms with Crippen LogP contribution in [0.4, 0.5) is 0 Å². The number of amides is 1. The van der Waals surface area contributed by atoms with Crippen LogP contribution in [0, 0.1) is 6.92 Å². The van der Waals surface area contributed by atoms with E-state index in [1.807, 2.05) is 24.3 Å². The predicted molar refractivity (Wildman–Crippen MR) is 96.3 cm³/mol. The van der Waals surface area contributed by atoms with Gasteiger partial charge in [-0.25, -0.2) is 0 Å². The molecule has 2 heterocycles. The second kappa shape index (κ2) is 7.18. The Balaban J connectivity index is 1.60. The second-order valence-electron chi connectivity index (χ2n) is 6.78. The van der Waals surface area contributed by atoms with Gasteiger partial charge in [0.15, 0.2) is 0 Å². The Morgan fingerprint density at radius 3 is 2.79 bits per heavy atom. The topological polar surface area (TPSA) is 65.2 Å². The highest BCUT2D eigenvalue weighted by Gasteiger charge is 2.18. The van der Waals surface area contributed by atoms with Gasteiger partial charge in [0.1, 0.15) is 0 Å². The molecule has 1 amide bonds. The molecule has 0 radical (unpaired) electrons. The molecule has 1 fully saturated rings. The zero-order valence-electron chi connectivity index (χ0n) is 14.4. The molecule has 128 valence electrons. The standard InChI is InChI=1S/C19H25N3O2/c1-13-9-16-10-15(5-6-17(16)21-19(13)24)11-18(23)20-12-14(2)22-7-3-4-8-22/h5-6,9-10,14H,3-4,7-8,11-12H2,1-2H3,(H,20,23)(H,21,24). The molecule has 1 unspecified atom stereocenters. The molecule has 5 heteroatoms. The second-order valence-corrected chi connectivity index (χ2v) is 6.78. The highest BCUT2D eigenvalue weighted by atomic mass is 16.1. The summed E-state index contributed by atoms with van der Waals surface area (Å²) in [7, 11) is 0. The van der Waals surface area contributed by atoms with Gasteiger partial charge in [0.2, 0.25) is 5.91 Å². The summed E-state index contributed by atoms with van der Waals surface area (Å²) >= 11 is 0. The van der Waals surface area contributed by atoms with Crippen LogP contribution in [0.1, 0.15) is 30.9 Å². The normalized spacial score (nSPS) is 16.4. The van der Waals surface area contributed by atoms with E-state index in [4.69, 9.17) is 0 Å². The molecule has 5 nitrogen and oxygen atoms in total. The Kier molecular flexibility index (Phi) is 5.00. The molecule has 2 N–H and O–H groups in total. The lowest BCUT2D eigenvalue weighted by molar-refractivity contribution is -0.120. The molecule has 1 aromatic carbocycles. The van der Waals surface area contributed by atoms with E-state index >= 15 is 0 Å². The Hall–Kier alpha value is -2.14. The van der Waals surface area contributed by atoms with Crippen LogP contribution in [0.2, 0.25) is 0 Å². The zero-order valence-corrected chi connectivity index (χ0v) is 14.4. The first kappa shape index (κ1) is 16.7. The SMILES string of the molecule is Cc1cc2cc(CC(=O)NCC(C)N3CCCC3)ccc2[nH]c1=O. The number of fused-ring (bicyclic) bond motifs is 1. The molecule has 24 heavy (non-hydrogen) atoms. The largest absolute Gasteiger partial charge is 0.354 e. The Bertz CT molecular complexity index is 791. The van der Waals surface area contributed by atoms with Crippen molar-refractivity contribution in [1.82, 2.24) is 15.2 Å². The average Bonchev–Trinajstić information content (AvgIpc) is 3.08. The molecule has 1 atom stereocenters. The molecule has 0 saturated carbocycles. The van der Waals surface area contributed by atoms with Crippen molar-refractivity contribution in [3.8, 4) is 0 Å². The number of aromatic nitrogens is 1. The number of carbonyl (C=O) groups excluding carboxylic acids is 1. The van der Waals surface area contributed by atoms with Crippen LogP contribution >= 0.6 is 0 Å². The minimum Gasteiger partial charge on any atom is -0.354 e. The minimum atomic E-state index is -0.0658. The molecule has 0 spiro atoms. The fourth-order valence-electron chi connectivity index (χ4n) is 3.30. The number of pyridine rings is 1. The molecule has 0 bridgehead atoms. The zero-order chi connectivity index (χ0) is 17.1. The number of hydrogen-bond donors (Lipinski definition) is 2. The quantitative estimate of drug-likeness (QED) is 0.882. The number of carbonyl (C=O) groups is 1. The molecule has 1 saturated heterocycles. The van der Waals surface area contributed by atoms with E-state index in [-0.39, 0.29) is 11.5 Å². The van der Waals surface area contributed by atoms with Gasteiger partial charge in [0.25, 0.3) is 5.56 Å². The smallest absolute Gasteiger partial charge is 0.251 e. The highest BCUT2D eigenvalue weighted by Crippen LogP contribution is 2.14. The van der Waals surface area contributed by atoms with Crippen LogP contribution in [-0.4, -0.2) is 41.5 Å². The summed E-state index contributed by atoms with van der Waals surface area (Å²) in [5, 5.41) is 4.00. The van der Waals surface area contributed by atoms with Crippen molar-refractivity contribution in [2.24, 2.45) is 0 Å². The first-order valence-electron chi connectivity index (χ1n) is 8.66. The van der Waals surface area contributed by atoms with Crippen molar-refractivity contribution >= 4 is 16.8 Å². The third-order valence-electron chi connectivity index (χ3n) is 4.82. The van der Waals surface area contributed by atoms with Crippen LogP contribution in [0.3, 0.4) is 0 Å². The number of aromatic amines is 1. The molecule has 1 aliphatic rings. The summed E-state index contributed by atoms with van der Waals surface area (Å²) in [5.74, 6) is 0.0431. The lowest BCUT2D eigenvalue weighted by Gasteiger charge is -2.23. The fraction of sp³-hybridized carbons (Fsp3) is 0.474. The van der Waals surface area contributed by atoms with Gasteiger partial charge in [-0.1, -0.05) is 6.07 Å². The molecular formula is C19H25N3O2. The van der Waals surface area contributed by atoms with Gasteiger partial charge in [-0.15, -0.1) is 0 Å². The van der Waals surface area contributed by atoms with E-state index in [1.165, 1.54) is 12.8 Å². The van der Waals surface area contributed by atoms with Crippen molar-refractivity contribution in [3.63, 3.8) is 0 Å². The lowest BCUT2D eigenvalue weighted by atomic mass is 10.1. The minimum absolute atomic E-state index is 0.0431. The van der Waals surface area contributed by atoms with E-state index in [0.29, 0.717) is 24.6 Å². The Labute approximate surface area is 142 Å². The third kappa shape index (κ3) is 3.85. The van der Waals surface area contributed by atoms with E-state index in [1.54, 1.807) is 6.92 Å². The summed E-state index contributed by atoms with van der Waals surface area (Å²) in [4.78, 5) is 29.1. The van der Waals surface area contributed by atoms with Crippen molar-refractivity contribution in [2.75, 3.05) is 19.6 Å². The molecule has 1 aliphatic heterocycles. The maximum Gasteiger partial charge on any atom is 0.251 e. The number of H-pyrrole nitrogens is 1. The maximum atomic E-state index is 12.2. The first-order valence-corrected chi connectivity index (χ1v) is 8.66. The number of nitrogens with zero attached hydrogens (tertiary/aromatic N) is 1. The third-order valence-corrected chi connectivity index (χ3v) is 4.82. The van der Waals surface area contributed by atoms with Crippen molar-refractivity contribution < 1.29 is 4.79 Å². The summed E-state index contributed by atoms with van der Waals surface area (Å²) in [6.45, 7) is 6.93. The predicted octanol–water partition coefficient (Wildman–Crippen LogP) is 1.98. The van der Waals surface area contributed by atoms with Crippen LogP contribution in [0.25, 0.3) is 10.9 Å². The molecule has 0 aliphatic carbocycles. The number of nitrogens with one attached hydrogen (secondary N) is 2. The van der Waals surface area contributed by atoms with Crippen LogP contribution in [0.15, 0.2) is 29.1 Å². The van der Waals surface area contributed by atoms with Gasteiger partial charge in [-0.05, 0) is 68.9 Å². The number of rotatable bonds is 5. The van der Waals surface area contributed by atoms with Gasteiger partial charge in [0.05, 0.1) is 6.42 Å². The van der Waals surface area contributed by atoms with Gasteiger partial charge >= 0.3 is 0 Å². The van der Waals surface area contributed by atoms with Crippen molar-refractivity contribution in [2.45, 2.75) is 39.2 Å². The Morgan fingerprint density at radius 1 is 1.29 bits per heavy atom. The maximum absolute atomic E-state index is 12.2. The molecule has 3 rings (SSSR count).